The third-order valence-corrected chi connectivity index (χ3v) is 10.0. The largest absolute Gasteiger partial charge is 0.457 e. The van der Waals surface area contributed by atoms with Crippen molar-refractivity contribution >= 4 is 35.1 Å². The molecule has 1 saturated heterocycles. The van der Waals surface area contributed by atoms with Gasteiger partial charge in [0.2, 0.25) is 5.91 Å². The van der Waals surface area contributed by atoms with Crippen molar-refractivity contribution in [1.82, 2.24) is 9.80 Å². The fourth-order valence-corrected chi connectivity index (χ4v) is 7.95. The van der Waals surface area contributed by atoms with Gasteiger partial charge in [0.1, 0.15) is 24.1 Å². The molecule has 2 amide bonds. The number of esters is 1. The molecule has 0 bridgehead atoms. The number of rotatable bonds is 12. The highest BCUT2D eigenvalue weighted by molar-refractivity contribution is 6.35. The van der Waals surface area contributed by atoms with E-state index >= 15 is 0 Å². The molecule has 5 rings (SSSR count). The minimum atomic E-state index is -0.732. The van der Waals surface area contributed by atoms with Crippen LogP contribution >= 0.6 is 11.6 Å². The highest BCUT2D eigenvalue weighted by atomic mass is 35.5. The minimum absolute atomic E-state index is 0.0350. The molecule has 2 aliphatic heterocycles. The molecule has 0 unspecified atom stereocenters. The summed E-state index contributed by atoms with van der Waals surface area (Å²) < 4.78 is 25.5. The Kier molecular flexibility index (Phi) is 10.5. The Balaban J connectivity index is 1.24. The van der Waals surface area contributed by atoms with Crippen LogP contribution in [-0.2, 0) is 25.5 Å². The van der Waals surface area contributed by atoms with Gasteiger partial charge in [-0.25, -0.2) is 9.18 Å². The molecule has 3 atom stereocenters. The fraction of sp³-hybridized carbons (Fsp3) is 0.571. The number of unbranched alkanes of at least 4 members (excludes halogenated alkanes) is 1. The number of ether oxygens (including phenoxy) is 2. The van der Waals surface area contributed by atoms with Gasteiger partial charge in [0.25, 0.3) is 5.91 Å². The topological polar surface area (TPSA) is 79.4 Å². The molecule has 2 aromatic carbocycles. The number of carbonyl (C=O) groups is 3. The second kappa shape index (κ2) is 14.2. The van der Waals surface area contributed by atoms with Crippen LogP contribution in [0.2, 0.25) is 5.02 Å². The number of halogens is 2. The van der Waals surface area contributed by atoms with Crippen molar-refractivity contribution < 1.29 is 28.2 Å². The third kappa shape index (κ3) is 6.91. The summed E-state index contributed by atoms with van der Waals surface area (Å²) in [6, 6.07) is 9.83. The van der Waals surface area contributed by atoms with Crippen LogP contribution in [0.3, 0.4) is 0 Å². The summed E-state index contributed by atoms with van der Waals surface area (Å²) in [5, 5.41) is 0.373. The molecular formula is C35H45ClFN3O5. The van der Waals surface area contributed by atoms with Gasteiger partial charge in [-0.2, -0.15) is 0 Å². The summed E-state index contributed by atoms with van der Waals surface area (Å²) in [6.07, 6.45) is 4.96. The number of nitrogens with zero attached hydrogens (tertiary/aromatic N) is 3. The van der Waals surface area contributed by atoms with E-state index in [-0.39, 0.29) is 36.1 Å². The summed E-state index contributed by atoms with van der Waals surface area (Å²) >= 11 is 6.49. The van der Waals surface area contributed by atoms with E-state index in [0.717, 1.165) is 36.9 Å². The summed E-state index contributed by atoms with van der Waals surface area (Å²) in [5.74, 6) is -0.745. The second-order valence-corrected chi connectivity index (χ2v) is 13.5. The Labute approximate surface area is 270 Å². The molecule has 0 spiro atoms. The van der Waals surface area contributed by atoms with E-state index in [0.29, 0.717) is 61.6 Å². The number of anilines is 1. The zero-order chi connectivity index (χ0) is 32.3. The Bertz CT molecular complexity index is 1420. The summed E-state index contributed by atoms with van der Waals surface area (Å²) in [6.45, 7) is 6.69. The van der Waals surface area contributed by atoms with E-state index in [9.17, 15) is 18.8 Å². The first kappa shape index (κ1) is 33.4. The molecule has 1 fully saturated rings. The van der Waals surface area contributed by atoms with Crippen molar-refractivity contribution in [2.45, 2.75) is 76.4 Å². The van der Waals surface area contributed by atoms with Gasteiger partial charge in [0, 0.05) is 39.1 Å². The zero-order valence-electron chi connectivity index (χ0n) is 26.8. The minimum Gasteiger partial charge on any atom is -0.457 e. The number of hydrogen-bond donors (Lipinski definition) is 0. The van der Waals surface area contributed by atoms with Gasteiger partial charge in [-0.1, -0.05) is 37.6 Å². The molecule has 0 aromatic heterocycles. The number of methoxy groups -OCH3 is 1. The van der Waals surface area contributed by atoms with Crippen molar-refractivity contribution in [2.75, 3.05) is 51.8 Å². The summed E-state index contributed by atoms with van der Waals surface area (Å²) in [4.78, 5) is 45.4. The van der Waals surface area contributed by atoms with Crippen LogP contribution in [0.5, 0.6) is 0 Å². The van der Waals surface area contributed by atoms with Gasteiger partial charge >= 0.3 is 5.97 Å². The molecule has 10 heteroatoms. The average molecular weight is 642 g/mol. The Morgan fingerprint density at radius 3 is 2.73 bits per heavy atom. The zero-order valence-corrected chi connectivity index (χ0v) is 27.6. The maximum absolute atomic E-state index is 14.1. The molecular weight excluding hydrogens is 597 g/mol. The van der Waals surface area contributed by atoms with Crippen molar-refractivity contribution in [3.8, 4) is 0 Å². The van der Waals surface area contributed by atoms with Crippen molar-refractivity contribution in [3.63, 3.8) is 0 Å². The molecule has 0 N–H and O–H groups in total. The van der Waals surface area contributed by atoms with Crippen molar-refractivity contribution in [1.29, 1.82) is 0 Å². The number of hydrogen-bond acceptors (Lipinski definition) is 6. The molecule has 45 heavy (non-hydrogen) atoms. The summed E-state index contributed by atoms with van der Waals surface area (Å²) in [7, 11) is 3.54. The van der Waals surface area contributed by atoms with Crippen LogP contribution in [0.1, 0.15) is 79.8 Å². The first-order chi connectivity index (χ1) is 21.6. The van der Waals surface area contributed by atoms with Gasteiger partial charge < -0.3 is 24.2 Å². The van der Waals surface area contributed by atoms with E-state index in [4.69, 9.17) is 21.1 Å². The van der Waals surface area contributed by atoms with Crippen LogP contribution in [-0.4, -0.2) is 86.2 Å². The van der Waals surface area contributed by atoms with E-state index in [1.165, 1.54) is 13.2 Å². The average Bonchev–Trinajstić information content (AvgIpc) is 3.47. The maximum Gasteiger partial charge on any atom is 0.332 e. The molecule has 3 aliphatic rings. The van der Waals surface area contributed by atoms with Crippen LogP contribution in [0.4, 0.5) is 10.1 Å². The number of benzene rings is 2. The summed E-state index contributed by atoms with van der Waals surface area (Å²) in [5.41, 5.74) is 2.31. The maximum atomic E-state index is 14.1. The molecule has 2 heterocycles. The van der Waals surface area contributed by atoms with E-state index in [1.807, 2.05) is 12.1 Å². The van der Waals surface area contributed by atoms with Gasteiger partial charge in [-0.3, -0.25) is 9.59 Å². The Morgan fingerprint density at radius 1 is 1.18 bits per heavy atom. The molecule has 8 nitrogen and oxygen atoms in total. The van der Waals surface area contributed by atoms with Crippen molar-refractivity contribution in [3.05, 3.63) is 63.9 Å². The first-order valence-corrected chi connectivity index (χ1v) is 16.5. The standard InChI is InChI=1S/C35H45ClFN3O5/c1-23(2)32-26-13-12-25(37)21-24(26)14-15-35(32,45-30(41)22-44-4)16-20-38(3)17-5-6-18-39-28-10-7-9-27(36)31(28)34(43)40-19-8-11-29(40)33(39)42/h7,9-10,12-13,21,23,29,32H,5-6,8,11,14-20,22H2,1-4H3/t29-,32-,35-/m0/s1. The molecule has 1 aliphatic carbocycles. The van der Waals surface area contributed by atoms with Crippen LogP contribution in [0, 0.1) is 11.7 Å². The lowest BCUT2D eigenvalue weighted by Gasteiger charge is -2.47. The fourth-order valence-electron chi connectivity index (χ4n) is 7.70. The van der Waals surface area contributed by atoms with E-state index in [1.54, 1.807) is 28.0 Å². The highest BCUT2D eigenvalue weighted by Gasteiger charge is 2.48. The normalized spacial score (nSPS) is 22.8. The predicted molar refractivity (Wildman–Crippen MR) is 172 cm³/mol. The number of aryl methyl sites for hydroxylation is 1. The number of carbonyl (C=O) groups excluding carboxylic acids is 3. The molecule has 2 aromatic rings. The van der Waals surface area contributed by atoms with Crippen LogP contribution in [0.25, 0.3) is 0 Å². The lowest BCUT2D eigenvalue weighted by atomic mass is 9.65. The second-order valence-electron chi connectivity index (χ2n) is 13.1. The van der Waals surface area contributed by atoms with Gasteiger partial charge in [0.15, 0.2) is 0 Å². The monoisotopic (exact) mass is 641 g/mol. The predicted octanol–water partition coefficient (Wildman–Crippen LogP) is 5.85. The molecule has 0 saturated carbocycles. The Morgan fingerprint density at radius 2 is 1.98 bits per heavy atom. The smallest absolute Gasteiger partial charge is 0.332 e. The van der Waals surface area contributed by atoms with Gasteiger partial charge in [-0.15, -0.1) is 0 Å². The van der Waals surface area contributed by atoms with Crippen LogP contribution < -0.4 is 4.90 Å². The van der Waals surface area contributed by atoms with E-state index < -0.39 is 17.6 Å². The third-order valence-electron chi connectivity index (χ3n) is 9.72. The number of amides is 2. The van der Waals surface area contributed by atoms with Crippen molar-refractivity contribution in [2.24, 2.45) is 5.92 Å². The van der Waals surface area contributed by atoms with Crippen LogP contribution in [0.15, 0.2) is 36.4 Å². The quantitative estimate of drug-likeness (QED) is 0.214. The lowest BCUT2D eigenvalue weighted by Crippen LogP contribution is -2.49. The lowest BCUT2D eigenvalue weighted by molar-refractivity contribution is -0.172. The first-order valence-electron chi connectivity index (χ1n) is 16.1. The highest BCUT2D eigenvalue weighted by Crippen LogP contribution is 2.48. The number of fused-ring (bicyclic) bond motifs is 3. The SMILES string of the molecule is COCC(=O)O[C@]1(CCN(C)CCCCN2C(=O)[C@@H]3CCCN3C(=O)c3c(Cl)cccc32)CCc2cc(F)ccc2[C@@H]1C(C)C. The Hall–Kier alpha value is -3.01. The molecule has 0 radical (unpaired) electrons. The van der Waals surface area contributed by atoms with Gasteiger partial charge in [0.05, 0.1) is 16.3 Å². The van der Waals surface area contributed by atoms with E-state index in [2.05, 4.69) is 25.8 Å². The molecule has 244 valence electrons. The van der Waals surface area contributed by atoms with Gasteiger partial charge in [-0.05, 0) is 93.4 Å².